The van der Waals surface area contributed by atoms with E-state index in [4.69, 9.17) is 0 Å². The van der Waals surface area contributed by atoms with Crippen LogP contribution >= 0.6 is 11.8 Å². The Morgan fingerprint density at radius 1 is 1.44 bits per heavy atom. The lowest BCUT2D eigenvalue weighted by Crippen LogP contribution is -2.54. The summed E-state index contributed by atoms with van der Waals surface area (Å²) in [5.41, 5.74) is 0. The first-order valence-corrected chi connectivity index (χ1v) is 6.98. The summed E-state index contributed by atoms with van der Waals surface area (Å²) in [6.45, 7) is 3.91. The van der Waals surface area contributed by atoms with Crippen molar-refractivity contribution in [2.24, 2.45) is 5.92 Å². The van der Waals surface area contributed by atoms with E-state index >= 15 is 0 Å². The van der Waals surface area contributed by atoms with Crippen molar-refractivity contribution in [3.8, 4) is 0 Å². The molecule has 90 valence electrons. The monoisotopic (exact) mass is 242 g/mol. The van der Waals surface area contributed by atoms with Crippen LogP contribution in [-0.2, 0) is 9.59 Å². The van der Waals surface area contributed by atoms with E-state index in [9.17, 15) is 9.59 Å². The van der Waals surface area contributed by atoms with Crippen molar-refractivity contribution < 1.29 is 9.59 Å². The molecule has 0 spiro atoms. The summed E-state index contributed by atoms with van der Waals surface area (Å²) in [5, 5.41) is 2.77. The lowest BCUT2D eigenvalue weighted by Gasteiger charge is -2.34. The maximum Gasteiger partial charge on any atom is 0.246 e. The molecule has 0 aromatic rings. The van der Waals surface area contributed by atoms with Crippen molar-refractivity contribution in [1.82, 2.24) is 10.2 Å². The van der Waals surface area contributed by atoms with Crippen molar-refractivity contribution >= 4 is 23.6 Å². The van der Waals surface area contributed by atoms with Gasteiger partial charge in [0.15, 0.2) is 0 Å². The first-order chi connectivity index (χ1) is 7.66. The number of carbonyl (C=O) groups excluding carboxylic acids is 2. The van der Waals surface area contributed by atoms with Crippen LogP contribution in [0, 0.1) is 5.92 Å². The first-order valence-electron chi connectivity index (χ1n) is 5.82. The second-order valence-electron chi connectivity index (χ2n) is 4.64. The van der Waals surface area contributed by atoms with Gasteiger partial charge in [-0.3, -0.25) is 9.59 Å². The predicted molar refractivity (Wildman–Crippen MR) is 64.2 cm³/mol. The van der Waals surface area contributed by atoms with Gasteiger partial charge in [0, 0.05) is 18.8 Å². The topological polar surface area (TPSA) is 49.4 Å². The molecule has 16 heavy (non-hydrogen) atoms. The Morgan fingerprint density at radius 3 is 2.75 bits per heavy atom. The highest BCUT2D eigenvalue weighted by molar-refractivity contribution is 8.00. The molecule has 2 heterocycles. The Hall–Kier alpha value is -0.710. The van der Waals surface area contributed by atoms with Gasteiger partial charge in [-0.15, -0.1) is 11.8 Å². The fourth-order valence-corrected chi connectivity index (χ4v) is 2.98. The van der Waals surface area contributed by atoms with Gasteiger partial charge in [0.1, 0.15) is 6.04 Å². The predicted octanol–water partition coefficient (Wildman–Crippen LogP) is 0.476. The molecule has 5 heteroatoms. The summed E-state index contributed by atoms with van der Waals surface area (Å²) >= 11 is 1.54. The lowest BCUT2D eigenvalue weighted by molar-refractivity contribution is -0.136. The molecule has 4 nitrogen and oxygen atoms in total. The average Bonchev–Trinajstić information content (AvgIpc) is 2.29. The zero-order valence-electron chi connectivity index (χ0n) is 9.57. The van der Waals surface area contributed by atoms with Crippen molar-refractivity contribution in [3.05, 3.63) is 0 Å². The molecule has 0 aromatic heterocycles. The van der Waals surface area contributed by atoms with Crippen LogP contribution in [0.5, 0.6) is 0 Å². The highest BCUT2D eigenvalue weighted by Crippen LogP contribution is 2.18. The molecular formula is C11H18N2O2S. The van der Waals surface area contributed by atoms with Gasteiger partial charge in [-0.05, 0) is 18.8 Å². The Morgan fingerprint density at radius 2 is 2.12 bits per heavy atom. The number of carbonyl (C=O) groups is 2. The molecule has 0 aliphatic carbocycles. The molecule has 1 unspecified atom stereocenters. The van der Waals surface area contributed by atoms with Crippen LogP contribution in [0.2, 0.25) is 0 Å². The van der Waals surface area contributed by atoms with Crippen LogP contribution in [0.15, 0.2) is 0 Å². The number of thioether (sulfide) groups is 1. The third-order valence-electron chi connectivity index (χ3n) is 3.25. The summed E-state index contributed by atoms with van der Waals surface area (Å²) in [5.74, 6) is 2.02. The lowest BCUT2D eigenvalue weighted by atomic mass is 9.99. The highest BCUT2D eigenvalue weighted by atomic mass is 32.2. The maximum atomic E-state index is 12.1. The number of piperidine rings is 1. The molecule has 2 aliphatic rings. The third kappa shape index (κ3) is 2.70. The largest absolute Gasteiger partial charge is 0.343 e. The normalized spacial score (nSPS) is 27.7. The van der Waals surface area contributed by atoms with Crippen LogP contribution in [0.3, 0.4) is 0 Å². The van der Waals surface area contributed by atoms with Crippen molar-refractivity contribution in [2.45, 2.75) is 25.8 Å². The molecule has 0 radical (unpaired) electrons. The molecule has 2 saturated heterocycles. The summed E-state index contributed by atoms with van der Waals surface area (Å²) in [6.07, 6.45) is 2.17. The Balaban J connectivity index is 1.89. The molecular weight excluding hydrogens is 224 g/mol. The maximum absolute atomic E-state index is 12.1. The number of likely N-dealkylation sites (tertiary alicyclic amines) is 1. The van der Waals surface area contributed by atoms with Gasteiger partial charge in [0.2, 0.25) is 11.8 Å². The van der Waals surface area contributed by atoms with E-state index in [-0.39, 0.29) is 17.9 Å². The number of amides is 2. The van der Waals surface area contributed by atoms with Gasteiger partial charge in [-0.2, -0.15) is 0 Å². The van der Waals surface area contributed by atoms with Gasteiger partial charge < -0.3 is 10.2 Å². The molecule has 0 saturated carbocycles. The molecule has 2 amide bonds. The summed E-state index contributed by atoms with van der Waals surface area (Å²) < 4.78 is 0. The molecule has 0 bridgehead atoms. The molecule has 0 aromatic carbocycles. The molecule has 2 fully saturated rings. The number of nitrogens with one attached hydrogen (secondary N) is 1. The van der Waals surface area contributed by atoms with Crippen LogP contribution in [0.1, 0.15) is 19.8 Å². The SMILES string of the molecule is CC1CCN(C(=O)C2CSCC(=O)N2)CC1. The molecule has 1 atom stereocenters. The van der Waals surface area contributed by atoms with E-state index < -0.39 is 0 Å². The van der Waals surface area contributed by atoms with Gasteiger partial charge in [-0.1, -0.05) is 6.92 Å². The molecule has 2 aliphatic heterocycles. The number of hydrogen-bond donors (Lipinski definition) is 1. The average molecular weight is 242 g/mol. The molecule has 1 N–H and O–H groups in total. The van der Waals surface area contributed by atoms with Crippen molar-refractivity contribution in [1.29, 1.82) is 0 Å². The second-order valence-corrected chi connectivity index (χ2v) is 5.67. The van der Waals surface area contributed by atoms with Gasteiger partial charge in [0.05, 0.1) is 5.75 Å². The van der Waals surface area contributed by atoms with E-state index in [1.807, 2.05) is 4.90 Å². The van der Waals surface area contributed by atoms with Gasteiger partial charge in [0.25, 0.3) is 0 Å². The minimum Gasteiger partial charge on any atom is -0.343 e. The number of nitrogens with zero attached hydrogens (tertiary/aromatic N) is 1. The zero-order chi connectivity index (χ0) is 11.5. The fourth-order valence-electron chi connectivity index (χ4n) is 2.13. The van der Waals surface area contributed by atoms with Gasteiger partial charge in [-0.25, -0.2) is 0 Å². The van der Waals surface area contributed by atoms with Crippen LogP contribution in [0.25, 0.3) is 0 Å². The Labute approximate surface area is 100 Å². The molecule has 2 rings (SSSR count). The van der Waals surface area contributed by atoms with Crippen LogP contribution in [-0.4, -0.2) is 47.4 Å². The minimum absolute atomic E-state index is 0.0139. The summed E-state index contributed by atoms with van der Waals surface area (Å²) in [7, 11) is 0. The Bertz CT molecular complexity index is 288. The zero-order valence-corrected chi connectivity index (χ0v) is 10.4. The van der Waals surface area contributed by atoms with E-state index in [0.29, 0.717) is 5.75 Å². The minimum atomic E-state index is -0.292. The summed E-state index contributed by atoms with van der Waals surface area (Å²) in [4.78, 5) is 25.2. The third-order valence-corrected chi connectivity index (χ3v) is 4.28. The summed E-state index contributed by atoms with van der Waals surface area (Å²) in [6, 6.07) is -0.292. The van der Waals surface area contributed by atoms with Crippen LogP contribution < -0.4 is 5.32 Å². The van der Waals surface area contributed by atoms with Crippen molar-refractivity contribution in [2.75, 3.05) is 24.6 Å². The Kier molecular flexibility index (Phi) is 3.74. The van der Waals surface area contributed by atoms with E-state index in [2.05, 4.69) is 12.2 Å². The van der Waals surface area contributed by atoms with Crippen LogP contribution in [0.4, 0.5) is 0 Å². The highest BCUT2D eigenvalue weighted by Gasteiger charge is 2.30. The van der Waals surface area contributed by atoms with E-state index in [1.54, 1.807) is 11.8 Å². The van der Waals surface area contributed by atoms with Gasteiger partial charge >= 0.3 is 0 Å². The first kappa shape index (κ1) is 11.8. The fraction of sp³-hybridized carbons (Fsp3) is 0.818. The van der Waals surface area contributed by atoms with E-state index in [1.165, 1.54) is 0 Å². The standard InChI is InChI=1S/C11H18N2O2S/c1-8-2-4-13(5-3-8)11(15)9-6-16-7-10(14)12-9/h8-9H,2-7H2,1H3,(H,12,14). The van der Waals surface area contributed by atoms with E-state index in [0.717, 1.165) is 37.6 Å². The number of rotatable bonds is 1. The number of hydrogen-bond acceptors (Lipinski definition) is 3. The second kappa shape index (κ2) is 5.08. The smallest absolute Gasteiger partial charge is 0.246 e. The van der Waals surface area contributed by atoms with Crippen molar-refractivity contribution in [3.63, 3.8) is 0 Å². The quantitative estimate of drug-likeness (QED) is 0.727.